The van der Waals surface area contributed by atoms with Crippen LogP contribution in [0.4, 0.5) is 11.4 Å². The van der Waals surface area contributed by atoms with Gasteiger partial charge in [-0.1, -0.05) is 23.4 Å². The quantitative estimate of drug-likeness (QED) is 0.222. The van der Waals surface area contributed by atoms with Gasteiger partial charge < -0.3 is 14.8 Å². The summed E-state index contributed by atoms with van der Waals surface area (Å²) >= 11 is 0. The average molecular weight is 474 g/mol. The molecule has 0 aliphatic heterocycles. The SMILES string of the molecule is CCOc1cc(NC(=O)c2ccccc2)c(OCC)cc1N=NN(C)CCS(=O)(=O)O.[Na]. The molecule has 0 saturated heterocycles. The van der Waals surface area contributed by atoms with Gasteiger partial charge in [-0.05, 0) is 26.0 Å². The van der Waals surface area contributed by atoms with E-state index in [1.54, 1.807) is 43.3 Å². The minimum atomic E-state index is -4.10. The van der Waals surface area contributed by atoms with Crippen LogP contribution in [0.1, 0.15) is 24.2 Å². The zero-order valence-electron chi connectivity index (χ0n) is 18.6. The number of nitrogens with zero attached hydrogens (tertiary/aromatic N) is 3. The predicted octanol–water partition coefficient (Wildman–Crippen LogP) is 3.17. The van der Waals surface area contributed by atoms with Gasteiger partial charge >= 0.3 is 0 Å². The van der Waals surface area contributed by atoms with Crippen molar-refractivity contribution in [3.05, 3.63) is 48.0 Å². The molecule has 2 rings (SSSR count). The second-order valence-electron chi connectivity index (χ2n) is 6.36. The van der Waals surface area contributed by atoms with Gasteiger partial charge in [-0.25, -0.2) is 0 Å². The third-order valence-electron chi connectivity index (χ3n) is 3.92. The fourth-order valence-electron chi connectivity index (χ4n) is 2.47. The summed E-state index contributed by atoms with van der Waals surface area (Å²) in [6.07, 6.45) is 0. The zero-order valence-corrected chi connectivity index (χ0v) is 21.4. The number of hydrogen-bond acceptors (Lipinski definition) is 7. The van der Waals surface area contributed by atoms with E-state index in [-0.39, 0.29) is 42.0 Å². The normalized spacial score (nSPS) is 11.0. The molecular formula is C20H26N4NaO6S. The van der Waals surface area contributed by atoms with E-state index in [1.165, 1.54) is 12.1 Å². The van der Waals surface area contributed by atoms with Gasteiger partial charge in [0, 0.05) is 54.3 Å². The van der Waals surface area contributed by atoms with Crippen molar-refractivity contribution in [2.24, 2.45) is 10.3 Å². The second-order valence-corrected chi connectivity index (χ2v) is 7.93. The maximum absolute atomic E-state index is 12.6. The molecule has 0 unspecified atom stereocenters. The summed E-state index contributed by atoms with van der Waals surface area (Å²) in [7, 11) is -2.58. The van der Waals surface area contributed by atoms with Gasteiger partial charge in [0.1, 0.15) is 17.2 Å². The van der Waals surface area contributed by atoms with E-state index in [2.05, 4.69) is 15.7 Å². The van der Waals surface area contributed by atoms with Crippen molar-refractivity contribution >= 4 is 57.0 Å². The van der Waals surface area contributed by atoms with Gasteiger partial charge in [0.15, 0.2) is 0 Å². The van der Waals surface area contributed by atoms with Gasteiger partial charge in [0.2, 0.25) is 0 Å². The summed E-state index contributed by atoms with van der Waals surface area (Å²) in [4.78, 5) is 12.6. The van der Waals surface area contributed by atoms with E-state index >= 15 is 0 Å². The van der Waals surface area contributed by atoms with Crippen LogP contribution in [0.15, 0.2) is 52.8 Å². The van der Waals surface area contributed by atoms with Crippen LogP contribution in [0.2, 0.25) is 0 Å². The van der Waals surface area contributed by atoms with E-state index in [0.717, 1.165) is 0 Å². The average Bonchev–Trinajstić information content (AvgIpc) is 2.73. The first-order valence-corrected chi connectivity index (χ1v) is 11.2. The van der Waals surface area contributed by atoms with Crippen molar-refractivity contribution in [3.8, 4) is 11.5 Å². The Morgan fingerprint density at radius 2 is 1.72 bits per heavy atom. The van der Waals surface area contributed by atoms with Crippen molar-refractivity contribution in [1.29, 1.82) is 0 Å². The van der Waals surface area contributed by atoms with E-state index in [1.807, 2.05) is 13.0 Å². The molecule has 2 N–H and O–H groups in total. The zero-order chi connectivity index (χ0) is 22.9. The molecule has 12 heteroatoms. The van der Waals surface area contributed by atoms with Crippen LogP contribution in [0.3, 0.4) is 0 Å². The molecule has 0 spiro atoms. The molecule has 0 saturated carbocycles. The van der Waals surface area contributed by atoms with Crippen LogP contribution in [0, 0.1) is 0 Å². The number of anilines is 1. The standard InChI is InChI=1S/C20H26N4O6S.Na/c1-4-29-18-14-17(22-23-24(3)11-12-31(26,27)28)19(30-5-2)13-16(18)21-20(25)15-9-7-6-8-10-15;/h6-10,13-14H,4-5,11-12H2,1-3H3,(H,21,25)(H,26,27,28);. The summed E-state index contributed by atoms with van der Waals surface area (Å²) in [5.74, 6) is -0.0375. The number of carbonyl (C=O) groups excluding carboxylic acids is 1. The first-order chi connectivity index (χ1) is 14.7. The Balaban J connectivity index is 0.00000512. The number of carbonyl (C=O) groups is 1. The number of nitrogens with one attached hydrogen (secondary N) is 1. The number of amides is 1. The van der Waals surface area contributed by atoms with Crippen molar-refractivity contribution < 1.29 is 27.2 Å². The molecule has 2 aromatic carbocycles. The third-order valence-corrected chi connectivity index (χ3v) is 4.62. The van der Waals surface area contributed by atoms with Crippen molar-refractivity contribution in [1.82, 2.24) is 5.01 Å². The smallest absolute Gasteiger partial charge is 0.266 e. The summed E-state index contributed by atoms with van der Waals surface area (Å²) in [5, 5.41) is 12.1. The number of rotatable bonds is 11. The molecule has 0 aromatic heterocycles. The fraction of sp³-hybridized carbons (Fsp3) is 0.350. The van der Waals surface area contributed by atoms with E-state index < -0.39 is 15.9 Å². The molecular weight excluding hydrogens is 447 g/mol. The van der Waals surface area contributed by atoms with Crippen LogP contribution in [0.25, 0.3) is 0 Å². The van der Waals surface area contributed by atoms with Crippen LogP contribution in [-0.2, 0) is 10.1 Å². The maximum atomic E-state index is 12.6. The topological polar surface area (TPSA) is 130 Å². The summed E-state index contributed by atoms with van der Waals surface area (Å²) in [5.41, 5.74) is 1.24. The van der Waals surface area contributed by atoms with Gasteiger partial charge in [-0.2, -0.15) is 8.42 Å². The Bertz CT molecular complexity index is 1020. The molecule has 0 heterocycles. The third kappa shape index (κ3) is 9.13. The monoisotopic (exact) mass is 473 g/mol. The minimum absolute atomic E-state index is 0. The van der Waals surface area contributed by atoms with E-state index in [9.17, 15) is 13.2 Å². The van der Waals surface area contributed by atoms with Crippen LogP contribution in [-0.4, -0.2) is 86.0 Å². The second kappa shape index (κ2) is 13.4. The van der Waals surface area contributed by atoms with Gasteiger partial charge in [-0.3, -0.25) is 14.4 Å². The van der Waals surface area contributed by atoms with E-state index in [4.69, 9.17) is 14.0 Å². The molecule has 1 radical (unpaired) electrons. The Morgan fingerprint density at radius 3 is 2.31 bits per heavy atom. The first kappa shape index (κ1) is 27.9. The largest absolute Gasteiger partial charge is 0.492 e. The molecule has 0 fully saturated rings. The van der Waals surface area contributed by atoms with Crippen molar-refractivity contribution in [2.75, 3.05) is 37.9 Å². The molecule has 10 nitrogen and oxygen atoms in total. The predicted molar refractivity (Wildman–Crippen MR) is 122 cm³/mol. The molecule has 0 aliphatic carbocycles. The molecule has 32 heavy (non-hydrogen) atoms. The number of hydrogen-bond donors (Lipinski definition) is 2. The van der Waals surface area contributed by atoms with Crippen LogP contribution < -0.4 is 14.8 Å². The molecule has 0 bridgehead atoms. The molecule has 2 aromatic rings. The Hall–Kier alpha value is -2.18. The number of benzene rings is 2. The summed E-state index contributed by atoms with van der Waals surface area (Å²) in [6.45, 7) is 4.27. The Morgan fingerprint density at radius 1 is 1.09 bits per heavy atom. The molecule has 0 atom stereocenters. The van der Waals surface area contributed by atoms with Crippen molar-refractivity contribution in [3.63, 3.8) is 0 Å². The molecule has 1 amide bonds. The first-order valence-electron chi connectivity index (χ1n) is 9.61. The van der Waals surface area contributed by atoms with E-state index in [0.29, 0.717) is 41.7 Å². The van der Waals surface area contributed by atoms with Gasteiger partial charge in [-0.15, -0.1) is 5.11 Å². The van der Waals surface area contributed by atoms with Crippen LogP contribution >= 0.6 is 0 Å². The van der Waals surface area contributed by atoms with Crippen molar-refractivity contribution in [2.45, 2.75) is 13.8 Å². The Kier molecular flexibility index (Phi) is 11.7. The van der Waals surface area contributed by atoms with Gasteiger partial charge in [0.25, 0.3) is 16.0 Å². The number of ether oxygens (including phenoxy) is 2. The minimum Gasteiger partial charge on any atom is -0.492 e. The van der Waals surface area contributed by atoms with Gasteiger partial charge in [0.05, 0.1) is 31.2 Å². The fourth-order valence-corrected chi connectivity index (χ4v) is 2.97. The van der Waals surface area contributed by atoms with Crippen LogP contribution in [0.5, 0.6) is 11.5 Å². The molecule has 169 valence electrons. The molecule has 0 aliphatic rings. The summed E-state index contributed by atoms with van der Waals surface area (Å²) < 4.78 is 41.9. The summed E-state index contributed by atoms with van der Waals surface area (Å²) in [6, 6.07) is 11.9. The Labute approximate surface area is 210 Å². The maximum Gasteiger partial charge on any atom is 0.266 e.